The van der Waals surface area contributed by atoms with Crippen LogP contribution in [0.3, 0.4) is 0 Å². The SMILES string of the molecule is Cc1csc(C(C)NCc2ccc(N)cc2F)n1. The summed E-state index contributed by atoms with van der Waals surface area (Å²) in [6.07, 6.45) is 0. The van der Waals surface area contributed by atoms with Gasteiger partial charge in [0.05, 0.1) is 6.04 Å². The minimum Gasteiger partial charge on any atom is -0.399 e. The van der Waals surface area contributed by atoms with Gasteiger partial charge in [-0.2, -0.15) is 0 Å². The number of thiazole rings is 1. The van der Waals surface area contributed by atoms with Gasteiger partial charge < -0.3 is 11.1 Å². The van der Waals surface area contributed by atoms with Crippen molar-refractivity contribution in [3.8, 4) is 0 Å². The van der Waals surface area contributed by atoms with Crippen molar-refractivity contribution in [2.45, 2.75) is 26.4 Å². The summed E-state index contributed by atoms with van der Waals surface area (Å²) in [6, 6.07) is 4.87. The van der Waals surface area contributed by atoms with Crippen molar-refractivity contribution in [3.05, 3.63) is 45.7 Å². The summed E-state index contributed by atoms with van der Waals surface area (Å²) in [4.78, 5) is 4.40. The van der Waals surface area contributed by atoms with Crippen LogP contribution < -0.4 is 11.1 Å². The van der Waals surface area contributed by atoms with E-state index in [1.165, 1.54) is 6.07 Å². The van der Waals surface area contributed by atoms with Crippen molar-refractivity contribution >= 4 is 17.0 Å². The van der Waals surface area contributed by atoms with E-state index in [0.717, 1.165) is 10.7 Å². The Kier molecular flexibility index (Phi) is 3.93. The zero-order valence-electron chi connectivity index (χ0n) is 10.4. The Labute approximate surface area is 110 Å². The second-order valence-electron chi connectivity index (χ2n) is 4.28. The first-order chi connectivity index (χ1) is 8.56. The topological polar surface area (TPSA) is 50.9 Å². The van der Waals surface area contributed by atoms with Gasteiger partial charge in [-0.25, -0.2) is 9.37 Å². The molecule has 1 aromatic heterocycles. The summed E-state index contributed by atoms with van der Waals surface area (Å²) in [5, 5.41) is 6.28. The lowest BCUT2D eigenvalue weighted by Gasteiger charge is -2.11. The minimum absolute atomic E-state index is 0.112. The Balaban J connectivity index is 1.99. The molecule has 96 valence electrons. The molecule has 1 atom stereocenters. The average molecular weight is 265 g/mol. The number of halogens is 1. The first kappa shape index (κ1) is 13.0. The fraction of sp³-hybridized carbons (Fsp3) is 0.308. The molecule has 1 aromatic carbocycles. The molecule has 0 aliphatic carbocycles. The van der Waals surface area contributed by atoms with E-state index in [-0.39, 0.29) is 11.9 Å². The lowest BCUT2D eigenvalue weighted by molar-refractivity contribution is 0.542. The fourth-order valence-corrected chi connectivity index (χ4v) is 2.46. The largest absolute Gasteiger partial charge is 0.399 e. The number of anilines is 1. The molecule has 2 rings (SSSR count). The number of nitrogens with one attached hydrogen (secondary N) is 1. The first-order valence-electron chi connectivity index (χ1n) is 5.75. The van der Waals surface area contributed by atoms with Gasteiger partial charge in [0.15, 0.2) is 0 Å². The maximum atomic E-state index is 13.6. The van der Waals surface area contributed by atoms with Gasteiger partial charge in [-0.05, 0) is 26.0 Å². The Morgan fingerprint density at radius 1 is 1.50 bits per heavy atom. The van der Waals surface area contributed by atoms with Crippen LogP contribution >= 0.6 is 11.3 Å². The number of hydrogen-bond acceptors (Lipinski definition) is 4. The van der Waals surface area contributed by atoms with Crippen LogP contribution in [-0.4, -0.2) is 4.98 Å². The summed E-state index contributed by atoms with van der Waals surface area (Å²) in [5.41, 5.74) is 7.58. The van der Waals surface area contributed by atoms with Crippen LogP contribution in [-0.2, 0) is 6.54 Å². The third-order valence-electron chi connectivity index (χ3n) is 2.68. The molecule has 1 unspecified atom stereocenters. The highest BCUT2D eigenvalue weighted by molar-refractivity contribution is 7.09. The second kappa shape index (κ2) is 5.46. The van der Waals surface area contributed by atoms with Gasteiger partial charge in [-0.1, -0.05) is 6.07 Å². The smallest absolute Gasteiger partial charge is 0.129 e. The molecule has 0 aliphatic rings. The number of benzene rings is 1. The maximum Gasteiger partial charge on any atom is 0.129 e. The van der Waals surface area contributed by atoms with E-state index in [0.29, 0.717) is 17.8 Å². The molecule has 0 saturated heterocycles. The lowest BCUT2D eigenvalue weighted by Crippen LogP contribution is -2.18. The Morgan fingerprint density at radius 3 is 2.89 bits per heavy atom. The standard InChI is InChI=1S/C13H16FN3S/c1-8-7-18-13(17-8)9(2)16-6-10-3-4-11(15)5-12(10)14/h3-5,7,9,16H,6,15H2,1-2H3. The first-order valence-corrected chi connectivity index (χ1v) is 6.63. The van der Waals surface area contributed by atoms with Crippen molar-refractivity contribution in [2.24, 2.45) is 0 Å². The van der Waals surface area contributed by atoms with E-state index in [2.05, 4.69) is 10.3 Å². The molecule has 0 saturated carbocycles. The van der Waals surface area contributed by atoms with Gasteiger partial charge in [0, 0.05) is 28.9 Å². The molecule has 0 radical (unpaired) electrons. The zero-order chi connectivity index (χ0) is 13.1. The molecule has 18 heavy (non-hydrogen) atoms. The molecule has 3 nitrogen and oxygen atoms in total. The highest BCUT2D eigenvalue weighted by Gasteiger charge is 2.10. The van der Waals surface area contributed by atoms with Crippen molar-refractivity contribution < 1.29 is 4.39 Å². The quantitative estimate of drug-likeness (QED) is 0.835. The average Bonchev–Trinajstić information content (AvgIpc) is 2.74. The van der Waals surface area contributed by atoms with E-state index in [4.69, 9.17) is 5.73 Å². The second-order valence-corrected chi connectivity index (χ2v) is 5.17. The van der Waals surface area contributed by atoms with Gasteiger partial charge in [0.2, 0.25) is 0 Å². The predicted molar refractivity (Wildman–Crippen MR) is 72.9 cm³/mol. The van der Waals surface area contributed by atoms with Crippen LogP contribution in [0, 0.1) is 12.7 Å². The van der Waals surface area contributed by atoms with Gasteiger partial charge in [0.25, 0.3) is 0 Å². The molecule has 0 aliphatic heterocycles. The van der Waals surface area contributed by atoms with Gasteiger partial charge in [-0.15, -0.1) is 11.3 Å². The summed E-state index contributed by atoms with van der Waals surface area (Å²) >= 11 is 1.61. The highest BCUT2D eigenvalue weighted by Crippen LogP contribution is 2.18. The molecular formula is C13H16FN3S. The Morgan fingerprint density at radius 2 is 2.28 bits per heavy atom. The number of nitrogens with zero attached hydrogens (tertiary/aromatic N) is 1. The summed E-state index contributed by atoms with van der Waals surface area (Å²) in [7, 11) is 0. The van der Waals surface area contributed by atoms with Gasteiger partial charge in [0.1, 0.15) is 10.8 Å². The monoisotopic (exact) mass is 265 g/mol. The third kappa shape index (κ3) is 3.05. The van der Waals surface area contributed by atoms with E-state index in [1.54, 1.807) is 23.5 Å². The van der Waals surface area contributed by atoms with Crippen LogP contribution in [0.5, 0.6) is 0 Å². The fourth-order valence-electron chi connectivity index (χ4n) is 1.63. The predicted octanol–water partition coefficient (Wildman–Crippen LogP) is 3.02. The molecular weight excluding hydrogens is 249 g/mol. The molecule has 3 N–H and O–H groups in total. The summed E-state index contributed by atoms with van der Waals surface area (Å²) in [5.74, 6) is -0.273. The van der Waals surface area contributed by atoms with Crippen LogP contribution in [0.4, 0.5) is 10.1 Å². The van der Waals surface area contributed by atoms with Crippen LogP contribution in [0.25, 0.3) is 0 Å². The van der Waals surface area contributed by atoms with Crippen molar-refractivity contribution in [2.75, 3.05) is 5.73 Å². The zero-order valence-corrected chi connectivity index (χ0v) is 11.2. The van der Waals surface area contributed by atoms with E-state index in [1.807, 2.05) is 19.2 Å². The number of hydrogen-bond donors (Lipinski definition) is 2. The molecule has 0 amide bonds. The van der Waals surface area contributed by atoms with E-state index < -0.39 is 0 Å². The van der Waals surface area contributed by atoms with Crippen molar-refractivity contribution in [3.63, 3.8) is 0 Å². The number of nitrogen functional groups attached to an aromatic ring is 1. The third-order valence-corrected chi connectivity index (χ3v) is 3.83. The normalized spacial score (nSPS) is 12.6. The minimum atomic E-state index is -0.273. The van der Waals surface area contributed by atoms with Gasteiger partial charge in [-0.3, -0.25) is 0 Å². The van der Waals surface area contributed by atoms with Crippen LogP contribution in [0.2, 0.25) is 0 Å². The molecule has 1 heterocycles. The molecule has 0 bridgehead atoms. The number of nitrogens with two attached hydrogens (primary N) is 1. The van der Waals surface area contributed by atoms with Crippen molar-refractivity contribution in [1.29, 1.82) is 0 Å². The van der Waals surface area contributed by atoms with Crippen LogP contribution in [0.1, 0.15) is 29.2 Å². The Hall–Kier alpha value is -1.46. The summed E-state index contributed by atoms with van der Waals surface area (Å²) < 4.78 is 13.6. The molecule has 0 fully saturated rings. The van der Waals surface area contributed by atoms with E-state index >= 15 is 0 Å². The summed E-state index contributed by atoms with van der Waals surface area (Å²) in [6.45, 7) is 4.45. The van der Waals surface area contributed by atoms with E-state index in [9.17, 15) is 4.39 Å². The number of aromatic nitrogens is 1. The van der Waals surface area contributed by atoms with Crippen LogP contribution in [0.15, 0.2) is 23.6 Å². The lowest BCUT2D eigenvalue weighted by atomic mass is 10.2. The Bertz CT molecular complexity index is 539. The highest BCUT2D eigenvalue weighted by atomic mass is 32.1. The number of rotatable bonds is 4. The van der Waals surface area contributed by atoms with Crippen molar-refractivity contribution in [1.82, 2.24) is 10.3 Å². The number of aryl methyl sites for hydroxylation is 1. The maximum absolute atomic E-state index is 13.6. The van der Waals surface area contributed by atoms with Gasteiger partial charge >= 0.3 is 0 Å². The molecule has 5 heteroatoms. The molecule has 0 spiro atoms. The molecule has 2 aromatic rings.